The van der Waals surface area contributed by atoms with Crippen LogP contribution in [0.5, 0.6) is 0 Å². The number of rotatable bonds is 9. The molecule has 11 aromatic carbocycles. The first kappa shape index (κ1) is 55.5. The number of hydrogen-bond acceptors (Lipinski definition) is 2. The number of benzene rings is 11. The van der Waals surface area contributed by atoms with Crippen LogP contribution >= 0.6 is 0 Å². The molecule has 0 atom stereocenters. The van der Waals surface area contributed by atoms with Crippen LogP contribution < -0.4 is 0 Å². The molecule has 0 saturated heterocycles. The van der Waals surface area contributed by atoms with E-state index in [9.17, 15) is 5.26 Å². The van der Waals surface area contributed by atoms with Crippen molar-refractivity contribution in [3.05, 3.63) is 279 Å². The Morgan fingerprint density at radius 3 is 0.875 bits per heavy atom. The van der Waals surface area contributed by atoms with Crippen LogP contribution in [0.2, 0.25) is 0 Å². The average molecular weight is 1140 g/mol. The summed E-state index contributed by atoms with van der Waals surface area (Å²) in [5.41, 5.74) is 36.8. The van der Waals surface area contributed by atoms with Crippen molar-refractivity contribution < 1.29 is 0 Å². The van der Waals surface area contributed by atoms with E-state index in [0.29, 0.717) is 5.56 Å². The summed E-state index contributed by atoms with van der Waals surface area (Å²) in [4.78, 5) is 5.43. The molecule has 0 aliphatic heterocycles. The van der Waals surface area contributed by atoms with Crippen LogP contribution in [0.15, 0.2) is 206 Å². The monoisotopic (exact) mass is 1130 g/mol. The fourth-order valence-electron chi connectivity index (χ4n) is 15.2. The van der Waals surface area contributed by atoms with Crippen molar-refractivity contribution in [2.75, 3.05) is 0 Å². The SMILES string of the molecule is Cc1cc(C)c(-c2ccc3c(c2)c2cc(-c4c(C)cc(C)cc4C)ccc2n3-c2cc(-c3cc(-c4ccccc4)nc(-c4ccccc4)c3)c(-n3c4ccc(-c5c(C)cc(C)cc5C)cc4c4cc(-c5c(C)cc(C)cc5C)ccc43)cc2C#N)c(C)c1. The Morgan fingerprint density at radius 2 is 0.580 bits per heavy atom. The van der Waals surface area contributed by atoms with E-state index in [4.69, 9.17) is 4.98 Å². The molecule has 0 N–H and O–H groups in total. The summed E-state index contributed by atoms with van der Waals surface area (Å²) < 4.78 is 4.78. The van der Waals surface area contributed by atoms with Gasteiger partial charge in [0.2, 0.25) is 0 Å². The normalized spacial score (nSPS) is 11.6. The first-order valence-corrected chi connectivity index (χ1v) is 30.7. The number of fused-ring (bicyclic) bond motifs is 6. The molecule has 14 rings (SSSR count). The van der Waals surface area contributed by atoms with E-state index in [0.717, 1.165) is 88.6 Å². The van der Waals surface area contributed by atoms with Gasteiger partial charge in [0.15, 0.2) is 0 Å². The smallest absolute Gasteiger partial charge is 0.101 e. The molecule has 88 heavy (non-hydrogen) atoms. The van der Waals surface area contributed by atoms with Crippen LogP contribution in [0.1, 0.15) is 72.3 Å². The Balaban J connectivity index is 1.11. The maximum atomic E-state index is 12.0. The molecule has 3 aromatic heterocycles. The lowest BCUT2D eigenvalue weighted by atomic mass is 9.91. The Morgan fingerprint density at radius 1 is 0.284 bits per heavy atom. The van der Waals surface area contributed by atoms with E-state index in [2.05, 4.69) is 305 Å². The van der Waals surface area contributed by atoms with Gasteiger partial charge < -0.3 is 9.13 Å². The van der Waals surface area contributed by atoms with Crippen LogP contribution in [0, 0.1) is 94.4 Å². The molecule has 4 heteroatoms. The van der Waals surface area contributed by atoms with Gasteiger partial charge in [-0.05, 0) is 250 Å². The zero-order chi connectivity index (χ0) is 61.0. The van der Waals surface area contributed by atoms with E-state index in [-0.39, 0.29) is 0 Å². The third-order valence-corrected chi connectivity index (χ3v) is 18.4. The molecule has 0 saturated carbocycles. The molecule has 0 bridgehead atoms. The third kappa shape index (κ3) is 9.41. The van der Waals surface area contributed by atoms with Crippen LogP contribution in [-0.2, 0) is 0 Å². The van der Waals surface area contributed by atoms with Crippen molar-refractivity contribution in [2.24, 2.45) is 0 Å². The molecule has 0 fully saturated rings. The van der Waals surface area contributed by atoms with Crippen molar-refractivity contribution in [3.8, 4) is 95.6 Å². The van der Waals surface area contributed by atoms with Crippen molar-refractivity contribution in [3.63, 3.8) is 0 Å². The summed E-state index contributed by atoms with van der Waals surface area (Å²) in [5.74, 6) is 0. The van der Waals surface area contributed by atoms with Crippen LogP contribution in [-0.4, -0.2) is 14.1 Å². The van der Waals surface area contributed by atoms with Crippen LogP contribution in [0.4, 0.5) is 0 Å². The summed E-state index contributed by atoms with van der Waals surface area (Å²) in [6.45, 7) is 26.5. The predicted octanol–water partition coefficient (Wildman–Crippen LogP) is 22.5. The van der Waals surface area contributed by atoms with Crippen molar-refractivity contribution in [1.82, 2.24) is 14.1 Å². The highest BCUT2D eigenvalue weighted by Crippen LogP contribution is 2.46. The molecule has 4 nitrogen and oxygen atoms in total. The topological polar surface area (TPSA) is 46.5 Å². The number of aromatic nitrogens is 3. The molecule has 14 aromatic rings. The molecule has 3 heterocycles. The van der Waals surface area contributed by atoms with Crippen LogP contribution in [0.25, 0.3) is 133 Å². The van der Waals surface area contributed by atoms with E-state index in [1.807, 2.05) is 0 Å². The minimum absolute atomic E-state index is 0.557. The molecule has 426 valence electrons. The van der Waals surface area contributed by atoms with Gasteiger partial charge in [0.25, 0.3) is 0 Å². The molecule has 0 spiro atoms. The van der Waals surface area contributed by atoms with Gasteiger partial charge in [0.05, 0.1) is 50.4 Å². The molecule has 0 amide bonds. The number of hydrogen-bond donors (Lipinski definition) is 0. The van der Waals surface area contributed by atoms with E-state index >= 15 is 0 Å². The molecule has 0 unspecified atom stereocenters. The highest BCUT2D eigenvalue weighted by molar-refractivity contribution is 6.14. The second-order valence-electron chi connectivity index (χ2n) is 25.1. The summed E-state index contributed by atoms with van der Waals surface area (Å²) in [6.07, 6.45) is 0. The average Bonchev–Trinajstić information content (AvgIpc) is 1.59. The van der Waals surface area contributed by atoms with Gasteiger partial charge in [-0.15, -0.1) is 0 Å². The Kier molecular flexibility index (Phi) is 13.6. The van der Waals surface area contributed by atoms with E-state index in [1.165, 1.54) is 111 Å². The van der Waals surface area contributed by atoms with Gasteiger partial charge >= 0.3 is 0 Å². The lowest BCUT2D eigenvalue weighted by molar-refractivity contribution is 1.13. The second-order valence-corrected chi connectivity index (χ2v) is 25.1. The van der Waals surface area contributed by atoms with Gasteiger partial charge in [-0.3, -0.25) is 0 Å². The Hall–Kier alpha value is -10.3. The quantitative estimate of drug-likeness (QED) is 0.145. The maximum absolute atomic E-state index is 12.0. The number of aryl methyl sites for hydroxylation is 12. The fourth-order valence-corrected chi connectivity index (χ4v) is 15.2. The summed E-state index contributed by atoms with van der Waals surface area (Å²) >= 11 is 0. The molecular weight excluding hydrogens is 1060 g/mol. The number of nitrogens with zero attached hydrogens (tertiary/aromatic N) is 4. The lowest BCUT2D eigenvalue weighted by Gasteiger charge is -2.20. The number of nitriles is 1. The molecular formula is C84H70N4. The molecule has 0 radical (unpaired) electrons. The van der Waals surface area contributed by atoms with Crippen molar-refractivity contribution >= 4 is 43.6 Å². The van der Waals surface area contributed by atoms with Gasteiger partial charge in [-0.2, -0.15) is 5.26 Å². The Labute approximate surface area is 517 Å². The summed E-state index contributed by atoms with van der Waals surface area (Å²) in [6, 6.07) is 79.1. The van der Waals surface area contributed by atoms with Gasteiger partial charge in [0.1, 0.15) is 6.07 Å². The first-order chi connectivity index (χ1) is 42.5. The molecule has 0 aliphatic rings. The Bertz CT molecular complexity index is 4890. The summed E-state index contributed by atoms with van der Waals surface area (Å²) in [5, 5.41) is 16.5. The second kappa shape index (κ2) is 21.6. The highest BCUT2D eigenvalue weighted by atomic mass is 15.0. The fraction of sp³-hybridized carbons (Fsp3) is 0.143. The third-order valence-electron chi connectivity index (χ3n) is 18.4. The minimum atomic E-state index is 0.557. The standard InChI is InChI=1S/C84H70N4/c1-48-31-52(5)81(53(6)32-48)62-23-27-75-69(39-62)70-40-63(82-54(7)33-49(2)34-55(82)8)24-28-76(70)87(75)79-46-68(66-43-73(60-19-15-13-16-20-60)86-74(44-66)61-21-17-14-18-22-61)80(45-67(79)47-85)88-77-29-25-64(83-56(9)35-50(3)36-57(83)10)41-71(77)72-42-65(26-30-78(72)88)84-58(11)37-51(4)38-59(84)12/h13-46H,1-12H3. The van der Waals surface area contributed by atoms with Crippen molar-refractivity contribution in [1.29, 1.82) is 5.26 Å². The zero-order valence-corrected chi connectivity index (χ0v) is 52.4. The van der Waals surface area contributed by atoms with Crippen LogP contribution in [0.3, 0.4) is 0 Å². The molecule has 0 aliphatic carbocycles. The number of pyridine rings is 1. The predicted molar refractivity (Wildman–Crippen MR) is 373 cm³/mol. The largest absolute Gasteiger partial charge is 0.309 e. The summed E-state index contributed by atoms with van der Waals surface area (Å²) in [7, 11) is 0. The minimum Gasteiger partial charge on any atom is -0.309 e. The van der Waals surface area contributed by atoms with Gasteiger partial charge in [-0.1, -0.05) is 156 Å². The first-order valence-electron chi connectivity index (χ1n) is 30.7. The van der Waals surface area contributed by atoms with Gasteiger partial charge in [0, 0.05) is 38.2 Å². The lowest BCUT2D eigenvalue weighted by Crippen LogP contribution is -2.04. The maximum Gasteiger partial charge on any atom is 0.101 e. The van der Waals surface area contributed by atoms with Crippen molar-refractivity contribution in [2.45, 2.75) is 83.1 Å². The zero-order valence-electron chi connectivity index (χ0n) is 52.4. The van der Waals surface area contributed by atoms with Gasteiger partial charge in [-0.25, -0.2) is 4.98 Å². The highest BCUT2D eigenvalue weighted by Gasteiger charge is 2.26. The van der Waals surface area contributed by atoms with E-state index in [1.54, 1.807) is 0 Å². The van der Waals surface area contributed by atoms with E-state index < -0.39 is 0 Å².